The highest BCUT2D eigenvalue weighted by Gasteiger charge is 2.14. The number of sulfonamides is 1. The zero-order valence-electron chi connectivity index (χ0n) is 11.4. The van der Waals surface area contributed by atoms with Crippen molar-refractivity contribution in [1.29, 1.82) is 0 Å². The molecule has 0 heterocycles. The van der Waals surface area contributed by atoms with Gasteiger partial charge in [-0.25, -0.2) is 8.42 Å². The van der Waals surface area contributed by atoms with Gasteiger partial charge in [0, 0.05) is 5.69 Å². The molecule has 5 heteroatoms. The van der Waals surface area contributed by atoms with Crippen molar-refractivity contribution >= 4 is 15.7 Å². The minimum absolute atomic E-state index is 0.170. The molecular weight excluding hydrogens is 274 g/mol. The van der Waals surface area contributed by atoms with Gasteiger partial charge in [0.15, 0.2) is 0 Å². The molecule has 2 rings (SSSR count). The van der Waals surface area contributed by atoms with Crippen LogP contribution in [-0.2, 0) is 10.0 Å². The highest BCUT2D eigenvalue weighted by Crippen LogP contribution is 2.19. The lowest BCUT2D eigenvalue weighted by molar-refractivity contribution is 0.199. The molecule has 20 heavy (non-hydrogen) atoms. The Kier molecular flexibility index (Phi) is 4.11. The molecule has 2 aromatic carbocycles. The molecule has 0 aliphatic rings. The summed E-state index contributed by atoms with van der Waals surface area (Å²) in [4.78, 5) is 0.170. The van der Waals surface area contributed by atoms with Crippen molar-refractivity contribution < 1.29 is 13.5 Å². The van der Waals surface area contributed by atoms with E-state index in [0.717, 1.165) is 5.56 Å². The van der Waals surface area contributed by atoms with Crippen molar-refractivity contribution in [3.63, 3.8) is 0 Å². The van der Waals surface area contributed by atoms with E-state index in [1.807, 2.05) is 13.0 Å². The molecule has 2 N–H and O–H groups in total. The molecule has 4 nitrogen and oxygen atoms in total. The summed E-state index contributed by atoms with van der Waals surface area (Å²) in [5.74, 6) is 0. The molecule has 0 spiro atoms. The van der Waals surface area contributed by atoms with Crippen LogP contribution in [0.3, 0.4) is 0 Å². The Morgan fingerprint density at radius 2 is 1.75 bits per heavy atom. The van der Waals surface area contributed by atoms with Gasteiger partial charge in [0.2, 0.25) is 0 Å². The van der Waals surface area contributed by atoms with Crippen LogP contribution in [-0.4, -0.2) is 13.5 Å². The number of aliphatic hydroxyl groups excluding tert-OH is 1. The van der Waals surface area contributed by atoms with Crippen LogP contribution >= 0.6 is 0 Å². The first-order chi connectivity index (χ1) is 9.38. The number of aryl methyl sites for hydroxylation is 1. The van der Waals surface area contributed by atoms with Crippen molar-refractivity contribution in [3.8, 4) is 0 Å². The van der Waals surface area contributed by atoms with Crippen molar-refractivity contribution in [2.24, 2.45) is 0 Å². The molecule has 2 aromatic rings. The fraction of sp³-hybridized carbons (Fsp3) is 0.200. The van der Waals surface area contributed by atoms with Crippen LogP contribution in [0.4, 0.5) is 5.69 Å². The predicted octanol–water partition coefficient (Wildman–Crippen LogP) is 2.85. The maximum Gasteiger partial charge on any atom is 0.261 e. The molecule has 0 aliphatic carbocycles. The highest BCUT2D eigenvalue weighted by atomic mass is 32.2. The normalized spacial score (nSPS) is 12.9. The van der Waals surface area contributed by atoms with E-state index in [1.54, 1.807) is 37.3 Å². The molecule has 0 bridgehead atoms. The van der Waals surface area contributed by atoms with Gasteiger partial charge in [0.05, 0.1) is 11.0 Å². The smallest absolute Gasteiger partial charge is 0.261 e. The second-order valence-electron chi connectivity index (χ2n) is 4.72. The van der Waals surface area contributed by atoms with Gasteiger partial charge < -0.3 is 5.11 Å². The summed E-state index contributed by atoms with van der Waals surface area (Å²) in [6.07, 6.45) is -0.614. The van der Waals surface area contributed by atoms with E-state index in [2.05, 4.69) is 4.72 Å². The van der Waals surface area contributed by atoms with E-state index in [9.17, 15) is 13.5 Å². The quantitative estimate of drug-likeness (QED) is 0.910. The maximum absolute atomic E-state index is 12.2. The van der Waals surface area contributed by atoms with Gasteiger partial charge in [-0.2, -0.15) is 0 Å². The summed E-state index contributed by atoms with van der Waals surface area (Å²) < 4.78 is 27.0. The summed E-state index contributed by atoms with van der Waals surface area (Å²) in [5.41, 5.74) is 2.19. The van der Waals surface area contributed by atoms with Crippen LogP contribution in [0.2, 0.25) is 0 Å². The topological polar surface area (TPSA) is 66.4 Å². The fourth-order valence-electron chi connectivity index (χ4n) is 1.85. The molecule has 106 valence electrons. The van der Waals surface area contributed by atoms with E-state index in [4.69, 9.17) is 0 Å². The average Bonchev–Trinajstić information content (AvgIpc) is 2.38. The average molecular weight is 291 g/mol. The number of benzene rings is 2. The van der Waals surface area contributed by atoms with Crippen molar-refractivity contribution in [3.05, 3.63) is 59.7 Å². The van der Waals surface area contributed by atoms with E-state index in [0.29, 0.717) is 11.3 Å². The van der Waals surface area contributed by atoms with Gasteiger partial charge in [0.1, 0.15) is 0 Å². The molecule has 0 fully saturated rings. The maximum atomic E-state index is 12.2. The third kappa shape index (κ3) is 3.37. The molecule has 0 amide bonds. The lowest BCUT2D eigenvalue weighted by Gasteiger charge is -2.10. The number of nitrogens with one attached hydrogen (secondary N) is 1. The molecule has 0 radical (unpaired) electrons. The molecule has 0 saturated heterocycles. The summed E-state index contributed by atoms with van der Waals surface area (Å²) >= 11 is 0. The zero-order chi connectivity index (χ0) is 14.8. The van der Waals surface area contributed by atoms with Gasteiger partial charge in [-0.05, 0) is 49.2 Å². The largest absolute Gasteiger partial charge is 0.389 e. The Morgan fingerprint density at radius 1 is 1.10 bits per heavy atom. The van der Waals surface area contributed by atoms with Crippen LogP contribution in [0.1, 0.15) is 24.2 Å². The Bertz CT molecular complexity index is 691. The Hall–Kier alpha value is -1.85. The molecule has 1 unspecified atom stereocenters. The minimum Gasteiger partial charge on any atom is -0.389 e. The van der Waals surface area contributed by atoms with Crippen LogP contribution in [0.15, 0.2) is 53.4 Å². The first kappa shape index (κ1) is 14.6. The van der Waals surface area contributed by atoms with Gasteiger partial charge in [0.25, 0.3) is 10.0 Å². The number of hydrogen-bond donors (Lipinski definition) is 2. The first-order valence-corrected chi connectivity index (χ1v) is 7.74. The van der Waals surface area contributed by atoms with E-state index < -0.39 is 16.1 Å². The zero-order valence-corrected chi connectivity index (χ0v) is 12.2. The molecule has 1 atom stereocenters. The highest BCUT2D eigenvalue weighted by molar-refractivity contribution is 7.92. The SMILES string of the molecule is Cc1cccc(NS(=O)(=O)c2ccc(C(C)O)cc2)c1. The standard InChI is InChI=1S/C15H17NO3S/c1-11-4-3-5-14(10-11)16-20(18,19)15-8-6-13(7-9-15)12(2)17/h3-10,12,16-17H,1-2H3. The summed E-state index contributed by atoms with van der Waals surface area (Å²) in [6, 6.07) is 13.3. The van der Waals surface area contributed by atoms with Gasteiger partial charge >= 0.3 is 0 Å². The number of aliphatic hydroxyl groups is 1. The van der Waals surface area contributed by atoms with Crippen LogP contribution in [0.25, 0.3) is 0 Å². The summed E-state index contributed by atoms with van der Waals surface area (Å²) in [6.45, 7) is 3.53. The fourth-order valence-corrected chi connectivity index (χ4v) is 2.90. The van der Waals surface area contributed by atoms with Crippen molar-refractivity contribution in [2.45, 2.75) is 24.8 Å². The molecule has 0 aromatic heterocycles. The predicted molar refractivity (Wildman–Crippen MR) is 79.1 cm³/mol. The first-order valence-electron chi connectivity index (χ1n) is 6.26. The third-order valence-electron chi connectivity index (χ3n) is 2.94. The van der Waals surface area contributed by atoms with E-state index >= 15 is 0 Å². The van der Waals surface area contributed by atoms with Crippen molar-refractivity contribution in [2.75, 3.05) is 4.72 Å². The second kappa shape index (κ2) is 5.64. The molecule has 0 aliphatic heterocycles. The van der Waals surface area contributed by atoms with E-state index in [-0.39, 0.29) is 4.90 Å². The summed E-state index contributed by atoms with van der Waals surface area (Å²) in [7, 11) is -3.60. The third-order valence-corrected chi connectivity index (χ3v) is 4.34. The molecule has 0 saturated carbocycles. The van der Waals surface area contributed by atoms with Crippen LogP contribution < -0.4 is 4.72 Å². The lowest BCUT2D eigenvalue weighted by Crippen LogP contribution is -2.13. The summed E-state index contributed by atoms with van der Waals surface area (Å²) in [5, 5.41) is 9.42. The number of rotatable bonds is 4. The van der Waals surface area contributed by atoms with Gasteiger partial charge in [-0.15, -0.1) is 0 Å². The molecular formula is C15H17NO3S. The number of hydrogen-bond acceptors (Lipinski definition) is 3. The Labute approximate surface area is 119 Å². The monoisotopic (exact) mass is 291 g/mol. The second-order valence-corrected chi connectivity index (χ2v) is 6.40. The Balaban J connectivity index is 2.26. The van der Waals surface area contributed by atoms with Gasteiger partial charge in [-0.3, -0.25) is 4.72 Å². The lowest BCUT2D eigenvalue weighted by atomic mass is 10.1. The van der Waals surface area contributed by atoms with Crippen molar-refractivity contribution in [1.82, 2.24) is 0 Å². The van der Waals surface area contributed by atoms with Gasteiger partial charge in [-0.1, -0.05) is 24.3 Å². The van der Waals surface area contributed by atoms with Crippen LogP contribution in [0.5, 0.6) is 0 Å². The van der Waals surface area contributed by atoms with E-state index in [1.165, 1.54) is 12.1 Å². The number of anilines is 1. The van der Waals surface area contributed by atoms with Crippen LogP contribution in [0, 0.1) is 6.92 Å². The minimum atomic E-state index is -3.60. The Morgan fingerprint density at radius 3 is 2.30 bits per heavy atom.